The Bertz CT molecular complexity index is 575. The summed E-state index contributed by atoms with van der Waals surface area (Å²) >= 11 is 0. The molecule has 134 valence electrons. The fraction of sp³-hybridized carbons (Fsp3) is 0.737. The molecule has 1 amide bonds. The van der Waals surface area contributed by atoms with E-state index in [9.17, 15) is 9.90 Å². The normalized spacial score (nSPS) is 23.0. The van der Waals surface area contributed by atoms with Gasteiger partial charge in [-0.1, -0.05) is 13.8 Å². The van der Waals surface area contributed by atoms with Gasteiger partial charge in [0.05, 0.1) is 12.0 Å². The molecule has 2 unspecified atom stereocenters. The van der Waals surface area contributed by atoms with Crippen LogP contribution < -0.4 is 0 Å². The third kappa shape index (κ3) is 4.53. The standard InChI is InChI=1S/C19H31N3O2/c1-6-13(2)18-20-14(3)16(15(4)21-18)12-17(23)22-10-7-8-19(5,24)9-11-22/h13,24H,6-12H2,1-5H3. The lowest BCUT2D eigenvalue weighted by atomic mass is 9.98. The molecular formula is C19H31N3O2. The van der Waals surface area contributed by atoms with E-state index in [2.05, 4.69) is 23.8 Å². The van der Waals surface area contributed by atoms with Crippen molar-refractivity contribution < 1.29 is 9.90 Å². The van der Waals surface area contributed by atoms with Gasteiger partial charge < -0.3 is 10.0 Å². The first-order valence-electron chi connectivity index (χ1n) is 9.07. The largest absolute Gasteiger partial charge is 0.390 e. The number of amides is 1. The van der Waals surface area contributed by atoms with Crippen molar-refractivity contribution in [3.8, 4) is 0 Å². The van der Waals surface area contributed by atoms with Crippen molar-refractivity contribution in [3.63, 3.8) is 0 Å². The molecule has 1 saturated heterocycles. The molecule has 0 spiro atoms. The van der Waals surface area contributed by atoms with E-state index in [1.54, 1.807) is 0 Å². The van der Waals surface area contributed by atoms with Crippen molar-refractivity contribution in [2.24, 2.45) is 0 Å². The van der Waals surface area contributed by atoms with Gasteiger partial charge in [0.25, 0.3) is 0 Å². The maximum Gasteiger partial charge on any atom is 0.227 e. The van der Waals surface area contributed by atoms with Crippen molar-refractivity contribution >= 4 is 5.91 Å². The van der Waals surface area contributed by atoms with Gasteiger partial charge in [-0.25, -0.2) is 9.97 Å². The Morgan fingerprint density at radius 3 is 2.46 bits per heavy atom. The highest BCUT2D eigenvalue weighted by molar-refractivity contribution is 5.79. The topological polar surface area (TPSA) is 66.3 Å². The number of hydrogen-bond acceptors (Lipinski definition) is 4. The molecule has 2 rings (SSSR count). The third-order valence-electron chi connectivity index (χ3n) is 5.24. The Morgan fingerprint density at radius 2 is 1.88 bits per heavy atom. The van der Waals surface area contributed by atoms with Crippen LogP contribution in [0.2, 0.25) is 0 Å². The van der Waals surface area contributed by atoms with Crippen LogP contribution in [-0.2, 0) is 11.2 Å². The minimum Gasteiger partial charge on any atom is -0.390 e. The average molecular weight is 333 g/mol. The lowest BCUT2D eigenvalue weighted by molar-refractivity contribution is -0.130. The van der Waals surface area contributed by atoms with Crippen molar-refractivity contribution in [2.45, 2.75) is 78.2 Å². The fourth-order valence-electron chi connectivity index (χ4n) is 3.20. The highest BCUT2D eigenvalue weighted by Crippen LogP contribution is 2.23. The summed E-state index contributed by atoms with van der Waals surface area (Å²) in [7, 11) is 0. The third-order valence-corrected chi connectivity index (χ3v) is 5.24. The van der Waals surface area contributed by atoms with E-state index in [-0.39, 0.29) is 5.91 Å². The molecule has 2 heterocycles. The number of aromatic nitrogens is 2. The minimum atomic E-state index is -0.651. The van der Waals surface area contributed by atoms with Gasteiger partial charge >= 0.3 is 0 Å². The van der Waals surface area contributed by atoms with Crippen LogP contribution >= 0.6 is 0 Å². The van der Waals surface area contributed by atoms with Gasteiger partial charge in [0, 0.05) is 36.0 Å². The molecule has 0 radical (unpaired) electrons. The number of aliphatic hydroxyl groups is 1. The van der Waals surface area contributed by atoms with E-state index in [0.717, 1.165) is 48.6 Å². The molecule has 1 aliphatic heterocycles. The quantitative estimate of drug-likeness (QED) is 0.920. The summed E-state index contributed by atoms with van der Waals surface area (Å²) in [5, 5.41) is 10.2. The molecule has 24 heavy (non-hydrogen) atoms. The van der Waals surface area contributed by atoms with E-state index < -0.39 is 5.60 Å². The number of nitrogens with zero attached hydrogens (tertiary/aromatic N) is 3. The second kappa shape index (κ2) is 7.60. The molecule has 5 heteroatoms. The lowest BCUT2D eigenvalue weighted by Crippen LogP contribution is -2.35. The highest BCUT2D eigenvalue weighted by Gasteiger charge is 2.27. The summed E-state index contributed by atoms with van der Waals surface area (Å²) < 4.78 is 0. The molecule has 5 nitrogen and oxygen atoms in total. The van der Waals surface area contributed by atoms with E-state index >= 15 is 0 Å². The van der Waals surface area contributed by atoms with Gasteiger partial charge in [0.15, 0.2) is 0 Å². The number of aryl methyl sites for hydroxylation is 2. The molecule has 0 saturated carbocycles. The van der Waals surface area contributed by atoms with E-state index in [4.69, 9.17) is 0 Å². The number of carbonyl (C=O) groups is 1. The Kier molecular flexibility index (Phi) is 5.97. The van der Waals surface area contributed by atoms with Gasteiger partial charge in [0.1, 0.15) is 5.82 Å². The molecule has 1 aromatic rings. The second-order valence-electron chi connectivity index (χ2n) is 7.45. The second-order valence-corrected chi connectivity index (χ2v) is 7.45. The zero-order valence-electron chi connectivity index (χ0n) is 15.7. The first-order chi connectivity index (χ1) is 11.2. The van der Waals surface area contributed by atoms with Gasteiger partial charge in [-0.2, -0.15) is 0 Å². The monoisotopic (exact) mass is 333 g/mol. The smallest absolute Gasteiger partial charge is 0.227 e. The van der Waals surface area contributed by atoms with Crippen molar-refractivity contribution in [2.75, 3.05) is 13.1 Å². The molecule has 1 aliphatic rings. The lowest BCUT2D eigenvalue weighted by Gasteiger charge is -2.23. The molecular weight excluding hydrogens is 302 g/mol. The number of hydrogen-bond donors (Lipinski definition) is 1. The first-order valence-corrected chi connectivity index (χ1v) is 9.07. The van der Waals surface area contributed by atoms with Crippen molar-refractivity contribution in [1.29, 1.82) is 0 Å². The van der Waals surface area contributed by atoms with Crippen LogP contribution in [0.15, 0.2) is 0 Å². The van der Waals surface area contributed by atoms with Gasteiger partial charge in [0.2, 0.25) is 5.91 Å². The predicted octanol–water partition coefficient (Wildman–Crippen LogP) is 2.91. The summed E-state index contributed by atoms with van der Waals surface area (Å²) in [4.78, 5) is 23.8. The van der Waals surface area contributed by atoms with Crippen LogP contribution in [0.5, 0.6) is 0 Å². The molecule has 0 aliphatic carbocycles. The average Bonchev–Trinajstić information content (AvgIpc) is 2.70. The van der Waals surface area contributed by atoms with Crippen molar-refractivity contribution in [3.05, 3.63) is 22.8 Å². The summed E-state index contributed by atoms with van der Waals surface area (Å²) in [6, 6.07) is 0. The Hall–Kier alpha value is -1.49. The van der Waals surface area contributed by atoms with E-state index in [0.29, 0.717) is 25.3 Å². The van der Waals surface area contributed by atoms with Crippen molar-refractivity contribution in [1.82, 2.24) is 14.9 Å². The first kappa shape index (κ1) is 18.8. The van der Waals surface area contributed by atoms with E-state index in [1.807, 2.05) is 25.7 Å². The van der Waals surface area contributed by atoms with Gasteiger partial charge in [-0.3, -0.25) is 4.79 Å². The Labute approximate surface area is 145 Å². The van der Waals surface area contributed by atoms with E-state index in [1.165, 1.54) is 0 Å². The maximum absolute atomic E-state index is 12.7. The molecule has 1 aromatic heterocycles. The van der Waals surface area contributed by atoms with Gasteiger partial charge in [-0.05, 0) is 46.5 Å². The highest BCUT2D eigenvalue weighted by atomic mass is 16.3. The fourth-order valence-corrected chi connectivity index (χ4v) is 3.20. The Morgan fingerprint density at radius 1 is 1.25 bits per heavy atom. The number of carbonyl (C=O) groups excluding carboxylic acids is 1. The molecule has 1 fully saturated rings. The summed E-state index contributed by atoms with van der Waals surface area (Å²) in [5.41, 5.74) is 2.12. The molecule has 2 atom stereocenters. The summed E-state index contributed by atoms with van der Waals surface area (Å²) in [5.74, 6) is 1.31. The predicted molar refractivity (Wildman–Crippen MR) is 95.0 cm³/mol. The van der Waals surface area contributed by atoms with Crippen LogP contribution in [0.4, 0.5) is 0 Å². The molecule has 0 bridgehead atoms. The Balaban J connectivity index is 2.11. The zero-order valence-corrected chi connectivity index (χ0v) is 15.7. The van der Waals surface area contributed by atoms with Gasteiger partial charge in [-0.15, -0.1) is 0 Å². The van der Waals surface area contributed by atoms with Crippen LogP contribution in [0.25, 0.3) is 0 Å². The zero-order chi connectivity index (χ0) is 17.9. The number of rotatable bonds is 4. The van der Waals surface area contributed by atoms with Crippen LogP contribution in [0.1, 0.15) is 75.1 Å². The molecule has 0 aromatic carbocycles. The minimum absolute atomic E-state index is 0.110. The summed E-state index contributed by atoms with van der Waals surface area (Å²) in [6.07, 6.45) is 3.59. The number of likely N-dealkylation sites (tertiary alicyclic amines) is 1. The SMILES string of the molecule is CCC(C)c1nc(C)c(CC(=O)N2CCCC(C)(O)CC2)c(C)n1. The van der Waals surface area contributed by atoms with Crippen LogP contribution in [-0.4, -0.2) is 44.6 Å². The maximum atomic E-state index is 12.7. The van der Waals surface area contributed by atoms with Crippen LogP contribution in [0, 0.1) is 13.8 Å². The molecule has 1 N–H and O–H groups in total. The van der Waals surface area contributed by atoms with Crippen LogP contribution in [0.3, 0.4) is 0 Å². The summed E-state index contributed by atoms with van der Waals surface area (Å²) in [6.45, 7) is 11.4.